The van der Waals surface area contributed by atoms with Crippen molar-refractivity contribution in [3.8, 4) is 17.2 Å². The summed E-state index contributed by atoms with van der Waals surface area (Å²) in [6, 6.07) is 19.3. The summed E-state index contributed by atoms with van der Waals surface area (Å²) < 4.78 is 23.7. The van der Waals surface area contributed by atoms with E-state index in [-0.39, 0.29) is 19.2 Å². The van der Waals surface area contributed by atoms with Gasteiger partial charge in [0.05, 0.1) is 25.3 Å². The fourth-order valence-electron chi connectivity index (χ4n) is 3.28. The van der Waals surface area contributed by atoms with Gasteiger partial charge in [-0.2, -0.15) is 0 Å². The summed E-state index contributed by atoms with van der Waals surface area (Å²) in [6.07, 6.45) is 1.77. The largest absolute Gasteiger partial charge is 0.490 e. The van der Waals surface area contributed by atoms with Gasteiger partial charge in [-0.1, -0.05) is 34.1 Å². The molecule has 0 bridgehead atoms. The van der Waals surface area contributed by atoms with Crippen molar-refractivity contribution in [3.05, 3.63) is 76.9 Å². The molecule has 9 heteroatoms. The molecule has 184 valence electrons. The van der Waals surface area contributed by atoms with Gasteiger partial charge in [-0.05, 0) is 55.8 Å². The van der Waals surface area contributed by atoms with E-state index in [0.717, 1.165) is 26.6 Å². The molecule has 0 amide bonds. The number of nitrogens with zero attached hydrogens (tertiary/aromatic N) is 2. The number of benzene rings is 3. The molecule has 0 spiro atoms. The Bertz CT molecular complexity index is 1240. The van der Waals surface area contributed by atoms with Gasteiger partial charge in [0.2, 0.25) is 5.95 Å². The number of halogens is 2. The smallest absolute Gasteiger partial charge is 0.227 e. The monoisotopic (exact) mass is 559 g/mol. The van der Waals surface area contributed by atoms with Crippen molar-refractivity contribution in [2.45, 2.75) is 20.5 Å². The van der Waals surface area contributed by atoms with Crippen LogP contribution in [0.5, 0.6) is 17.2 Å². The van der Waals surface area contributed by atoms with E-state index in [0.29, 0.717) is 43.0 Å². The van der Waals surface area contributed by atoms with E-state index in [1.54, 1.807) is 6.20 Å². The van der Waals surface area contributed by atoms with Crippen LogP contribution in [-0.4, -0.2) is 30.0 Å². The lowest BCUT2D eigenvalue weighted by Gasteiger charge is -2.12. The molecule has 0 fully saturated rings. The van der Waals surface area contributed by atoms with E-state index in [4.69, 9.17) is 18.9 Å². The molecule has 0 saturated heterocycles. The minimum absolute atomic E-state index is 0. The Morgan fingerprint density at radius 1 is 0.886 bits per heavy atom. The van der Waals surface area contributed by atoms with Crippen LogP contribution in [0.3, 0.4) is 0 Å². The number of aromatic nitrogens is 2. The van der Waals surface area contributed by atoms with Gasteiger partial charge >= 0.3 is 0 Å². The number of hydrogen-bond acceptors (Lipinski definition) is 7. The van der Waals surface area contributed by atoms with E-state index in [2.05, 4.69) is 31.2 Å². The second-order valence-electron chi connectivity index (χ2n) is 7.27. The zero-order valence-corrected chi connectivity index (χ0v) is 21.9. The molecule has 1 heterocycles. The van der Waals surface area contributed by atoms with E-state index >= 15 is 0 Å². The third-order valence-electron chi connectivity index (χ3n) is 4.88. The van der Waals surface area contributed by atoms with Crippen LogP contribution in [0.15, 0.2) is 71.3 Å². The third kappa shape index (κ3) is 7.21. The van der Waals surface area contributed by atoms with Crippen molar-refractivity contribution >= 4 is 50.9 Å². The van der Waals surface area contributed by atoms with Gasteiger partial charge in [0, 0.05) is 27.8 Å². The van der Waals surface area contributed by atoms with Crippen LogP contribution in [-0.2, 0) is 11.3 Å². The third-order valence-corrected chi connectivity index (χ3v) is 5.65. The first kappa shape index (κ1) is 26.5. The van der Waals surface area contributed by atoms with Crippen molar-refractivity contribution in [2.75, 3.05) is 25.3 Å². The molecule has 0 aliphatic heterocycles. The number of rotatable bonds is 11. The predicted molar refractivity (Wildman–Crippen MR) is 143 cm³/mol. The Morgan fingerprint density at radius 3 is 2.31 bits per heavy atom. The quantitative estimate of drug-likeness (QED) is 0.158. The van der Waals surface area contributed by atoms with E-state index < -0.39 is 0 Å². The maximum Gasteiger partial charge on any atom is 0.227 e. The number of fused-ring (bicyclic) bond motifs is 1. The van der Waals surface area contributed by atoms with Crippen molar-refractivity contribution in [3.63, 3.8) is 0 Å². The molecule has 0 saturated carbocycles. The fourth-order valence-corrected chi connectivity index (χ4v) is 3.68. The summed E-state index contributed by atoms with van der Waals surface area (Å²) in [5.74, 6) is 2.56. The fraction of sp³-hybridized carbons (Fsp3) is 0.231. The topological polar surface area (TPSA) is 74.7 Å². The second kappa shape index (κ2) is 13.1. The van der Waals surface area contributed by atoms with Crippen LogP contribution in [0.1, 0.15) is 19.4 Å². The second-order valence-corrected chi connectivity index (χ2v) is 8.12. The average molecular weight is 561 g/mol. The number of hydrogen-bond donors (Lipinski definition) is 1. The zero-order chi connectivity index (χ0) is 23.8. The van der Waals surface area contributed by atoms with Gasteiger partial charge < -0.3 is 24.3 Å². The Hall–Kier alpha value is -3.07. The molecule has 0 aliphatic rings. The summed E-state index contributed by atoms with van der Waals surface area (Å²) in [5, 5.41) is 4.10. The first-order valence-electron chi connectivity index (χ1n) is 11.0. The van der Waals surface area contributed by atoms with Crippen molar-refractivity contribution in [1.82, 2.24) is 9.97 Å². The van der Waals surface area contributed by atoms with Crippen molar-refractivity contribution < 1.29 is 18.9 Å². The maximum absolute atomic E-state index is 5.71. The highest BCUT2D eigenvalue weighted by Crippen LogP contribution is 2.32. The van der Waals surface area contributed by atoms with Gasteiger partial charge in [0.1, 0.15) is 5.75 Å². The molecule has 0 atom stereocenters. The Morgan fingerprint density at radius 2 is 1.60 bits per heavy atom. The summed E-state index contributed by atoms with van der Waals surface area (Å²) in [5.41, 5.74) is 2.69. The number of ether oxygens (including phenoxy) is 4. The molecule has 7 nitrogen and oxygen atoms in total. The first-order chi connectivity index (χ1) is 16.7. The average Bonchev–Trinajstić information content (AvgIpc) is 2.85. The van der Waals surface area contributed by atoms with Gasteiger partial charge in [-0.15, -0.1) is 12.4 Å². The van der Waals surface area contributed by atoms with Gasteiger partial charge in [-0.3, -0.25) is 0 Å². The highest BCUT2D eigenvalue weighted by atomic mass is 79.9. The van der Waals surface area contributed by atoms with E-state index in [1.807, 2.05) is 74.5 Å². The normalized spacial score (nSPS) is 10.5. The van der Waals surface area contributed by atoms with Crippen molar-refractivity contribution in [1.29, 1.82) is 0 Å². The Balaban J connectivity index is 0.00000342. The van der Waals surface area contributed by atoms with E-state index in [9.17, 15) is 0 Å². The van der Waals surface area contributed by atoms with Crippen LogP contribution in [0.2, 0.25) is 0 Å². The molecule has 3 aromatic carbocycles. The number of anilines is 2. The summed E-state index contributed by atoms with van der Waals surface area (Å²) >= 11 is 3.51. The molecule has 0 unspecified atom stereocenters. The minimum atomic E-state index is 0. The zero-order valence-electron chi connectivity index (χ0n) is 19.5. The Labute approximate surface area is 219 Å². The Kier molecular flexibility index (Phi) is 9.96. The molecule has 1 N–H and O–H groups in total. The first-order valence-corrected chi connectivity index (χ1v) is 11.8. The summed E-state index contributed by atoms with van der Waals surface area (Å²) in [6.45, 7) is 5.62. The molecule has 0 aliphatic carbocycles. The lowest BCUT2D eigenvalue weighted by Crippen LogP contribution is -2.03. The summed E-state index contributed by atoms with van der Waals surface area (Å²) in [4.78, 5) is 9.05. The van der Waals surface area contributed by atoms with Crippen molar-refractivity contribution in [2.24, 2.45) is 0 Å². The SMILES string of the molecule is CCOc1cc2cnc(Nc3ccc(OCOCc4ccccc4Br)cc3)nc2cc1OCC.Cl. The lowest BCUT2D eigenvalue weighted by atomic mass is 10.2. The molecule has 35 heavy (non-hydrogen) atoms. The number of nitrogens with one attached hydrogen (secondary N) is 1. The van der Waals surface area contributed by atoms with Crippen LogP contribution in [0.4, 0.5) is 11.6 Å². The van der Waals surface area contributed by atoms with Crippen LogP contribution in [0, 0.1) is 0 Å². The predicted octanol–water partition coefficient (Wildman–Crippen LogP) is 6.91. The van der Waals surface area contributed by atoms with Gasteiger partial charge in [-0.25, -0.2) is 9.97 Å². The highest BCUT2D eigenvalue weighted by Gasteiger charge is 2.10. The van der Waals surface area contributed by atoms with Crippen LogP contribution in [0.25, 0.3) is 10.9 Å². The molecule has 1 aromatic heterocycles. The van der Waals surface area contributed by atoms with E-state index in [1.165, 1.54) is 0 Å². The van der Waals surface area contributed by atoms with Gasteiger partial charge in [0.15, 0.2) is 18.3 Å². The maximum atomic E-state index is 5.71. The molecule has 0 radical (unpaired) electrons. The highest BCUT2D eigenvalue weighted by molar-refractivity contribution is 9.10. The lowest BCUT2D eigenvalue weighted by molar-refractivity contribution is 0.00483. The van der Waals surface area contributed by atoms with Crippen LogP contribution >= 0.6 is 28.3 Å². The summed E-state index contributed by atoms with van der Waals surface area (Å²) in [7, 11) is 0. The standard InChI is InChI=1S/C26H26BrN3O4.ClH/c1-3-32-24-13-19-15-28-26(30-23(19)14-25(24)33-4-2)29-20-9-11-21(12-10-20)34-17-31-16-18-7-5-6-8-22(18)27;/h5-15H,3-4,16-17H2,1-2H3,(H,28,29,30);1H. The molecular formula is C26H27BrClN3O4. The molecule has 4 rings (SSSR count). The molecular weight excluding hydrogens is 534 g/mol. The minimum Gasteiger partial charge on any atom is -0.490 e. The molecule has 4 aromatic rings. The van der Waals surface area contributed by atoms with Gasteiger partial charge in [0.25, 0.3) is 0 Å². The van der Waals surface area contributed by atoms with Crippen LogP contribution < -0.4 is 19.5 Å².